The second-order valence-corrected chi connectivity index (χ2v) is 11.9. The van der Waals surface area contributed by atoms with Crippen LogP contribution in [0, 0.1) is 11.6 Å². The Morgan fingerprint density at radius 3 is 2.40 bits per heavy atom. The van der Waals surface area contributed by atoms with Crippen molar-refractivity contribution >= 4 is 20.2 Å². The first-order chi connectivity index (χ1) is 14.5. The van der Waals surface area contributed by atoms with Gasteiger partial charge in [-0.2, -0.15) is 0 Å². The average Bonchev–Trinajstić information content (AvgIpc) is 2.95. The molecule has 164 valence electrons. The Labute approximate surface area is 182 Å². The molecule has 3 N–H and O–H groups in total. The molecule has 5 nitrogen and oxygen atoms in total. The number of fused-ring (bicyclic) bond motifs is 2. The number of hydrogen-bond acceptors (Lipinski definition) is 5. The molecule has 0 bridgehead atoms. The molecule has 0 unspecified atom stereocenters. The fourth-order valence-electron chi connectivity index (χ4n) is 3.86. The van der Waals surface area contributed by atoms with Crippen molar-refractivity contribution in [1.29, 1.82) is 0 Å². The Kier molecular flexibility index (Phi) is 7.07. The molecule has 0 aromatic heterocycles. The van der Waals surface area contributed by atoms with E-state index in [0.717, 1.165) is 24.0 Å². The van der Waals surface area contributed by atoms with Crippen LogP contribution in [-0.2, 0) is 12.8 Å². The number of nitrogens with one attached hydrogen (secondary N) is 1. The Balaban J connectivity index is 1.26. The fourth-order valence-corrected chi connectivity index (χ4v) is 6.82. The van der Waals surface area contributed by atoms with Crippen LogP contribution in [0.15, 0.2) is 36.4 Å². The predicted molar refractivity (Wildman–Crippen MR) is 118 cm³/mol. The number of benzene rings is 2. The van der Waals surface area contributed by atoms with Crippen molar-refractivity contribution < 1.29 is 26.8 Å². The van der Waals surface area contributed by atoms with E-state index in [-0.39, 0.29) is 21.8 Å². The molecule has 0 saturated carbocycles. The summed E-state index contributed by atoms with van der Waals surface area (Å²) in [6, 6.07) is 8.93. The molecule has 0 radical (unpaired) electrons. The number of aliphatic hydroxyl groups is 1. The first-order valence-electron chi connectivity index (χ1n) is 10.1. The predicted octanol–water partition coefficient (Wildman–Crippen LogP) is 3.72. The SMILES string of the molecule is O[C@H](CNCI(O)[C@@H]1CCc2cc(F)ccc2O1)[C@H]1CCCc2cc(F)ccc2O1. The summed E-state index contributed by atoms with van der Waals surface area (Å²) in [6.07, 6.45) is 2.46. The van der Waals surface area contributed by atoms with Crippen LogP contribution in [0.1, 0.15) is 30.4 Å². The quantitative estimate of drug-likeness (QED) is 0.300. The molecule has 4 rings (SSSR count). The Morgan fingerprint density at radius 1 is 1.00 bits per heavy atom. The molecular formula is C22H26F2INO4. The van der Waals surface area contributed by atoms with Crippen molar-refractivity contribution in [3.05, 3.63) is 59.2 Å². The summed E-state index contributed by atoms with van der Waals surface area (Å²) in [6.45, 7) is 0.296. The molecular weight excluding hydrogens is 507 g/mol. The van der Waals surface area contributed by atoms with Crippen molar-refractivity contribution in [3.8, 4) is 11.5 Å². The van der Waals surface area contributed by atoms with Crippen molar-refractivity contribution in [2.24, 2.45) is 0 Å². The Bertz CT molecular complexity index is 884. The normalized spacial score (nSPS) is 22.1. The summed E-state index contributed by atoms with van der Waals surface area (Å²) in [7, 11) is 0. The van der Waals surface area contributed by atoms with Crippen LogP contribution in [0.4, 0.5) is 8.78 Å². The molecule has 2 aromatic carbocycles. The molecule has 0 aliphatic carbocycles. The van der Waals surface area contributed by atoms with Gasteiger partial charge in [-0.3, -0.25) is 0 Å². The Morgan fingerprint density at radius 2 is 1.67 bits per heavy atom. The van der Waals surface area contributed by atoms with E-state index in [1.54, 1.807) is 12.1 Å². The van der Waals surface area contributed by atoms with E-state index in [1.807, 2.05) is 0 Å². The fraction of sp³-hybridized carbons (Fsp3) is 0.455. The van der Waals surface area contributed by atoms with Gasteiger partial charge in [0.15, 0.2) is 0 Å². The van der Waals surface area contributed by atoms with Crippen LogP contribution in [0.2, 0.25) is 0 Å². The zero-order chi connectivity index (χ0) is 21.1. The van der Waals surface area contributed by atoms with Crippen molar-refractivity contribution in [1.82, 2.24) is 5.32 Å². The van der Waals surface area contributed by atoms with Crippen LogP contribution >= 0.6 is 20.2 Å². The molecule has 2 aliphatic heterocycles. The van der Waals surface area contributed by atoms with Gasteiger partial charge in [0.25, 0.3) is 0 Å². The minimum absolute atomic E-state index is 0.229. The van der Waals surface area contributed by atoms with E-state index < -0.39 is 26.3 Å². The molecule has 8 heteroatoms. The zero-order valence-electron chi connectivity index (χ0n) is 16.5. The van der Waals surface area contributed by atoms with Gasteiger partial charge in [0, 0.05) is 0 Å². The van der Waals surface area contributed by atoms with Gasteiger partial charge in [0.2, 0.25) is 0 Å². The summed E-state index contributed by atoms with van der Waals surface area (Å²) in [4.78, 5) is 0. The summed E-state index contributed by atoms with van der Waals surface area (Å²) in [5.41, 5.74) is 1.67. The first-order valence-corrected chi connectivity index (χ1v) is 13.9. The van der Waals surface area contributed by atoms with Gasteiger partial charge in [0.05, 0.1) is 0 Å². The van der Waals surface area contributed by atoms with E-state index >= 15 is 0 Å². The van der Waals surface area contributed by atoms with Gasteiger partial charge in [-0.25, -0.2) is 0 Å². The molecule has 0 saturated heterocycles. The number of hydrogen-bond donors (Lipinski definition) is 3. The molecule has 0 amide bonds. The summed E-state index contributed by atoms with van der Waals surface area (Å²) >= 11 is -2.44. The molecule has 2 aliphatic rings. The van der Waals surface area contributed by atoms with E-state index in [2.05, 4.69) is 5.32 Å². The minimum atomic E-state index is -2.44. The molecule has 2 aromatic rings. The van der Waals surface area contributed by atoms with Crippen molar-refractivity contribution in [3.63, 3.8) is 0 Å². The topological polar surface area (TPSA) is 71.0 Å². The van der Waals surface area contributed by atoms with E-state index in [0.29, 0.717) is 41.9 Å². The van der Waals surface area contributed by atoms with Gasteiger partial charge in [0.1, 0.15) is 0 Å². The molecule has 2 heterocycles. The summed E-state index contributed by atoms with van der Waals surface area (Å²) < 4.78 is 49.4. The van der Waals surface area contributed by atoms with Crippen LogP contribution in [-0.4, -0.2) is 36.0 Å². The van der Waals surface area contributed by atoms with Gasteiger partial charge < -0.3 is 0 Å². The van der Waals surface area contributed by atoms with Gasteiger partial charge in [-0.15, -0.1) is 0 Å². The maximum atomic E-state index is 13.4. The third-order valence-corrected chi connectivity index (χ3v) is 9.25. The Hall–Kier alpha value is -1.49. The van der Waals surface area contributed by atoms with Gasteiger partial charge in [-0.1, -0.05) is 0 Å². The van der Waals surface area contributed by atoms with Crippen LogP contribution < -0.4 is 14.8 Å². The van der Waals surface area contributed by atoms with E-state index in [9.17, 15) is 17.3 Å². The monoisotopic (exact) mass is 533 g/mol. The number of ether oxygens (including phenoxy) is 2. The van der Waals surface area contributed by atoms with E-state index in [1.165, 1.54) is 24.3 Å². The average molecular weight is 533 g/mol. The van der Waals surface area contributed by atoms with Crippen molar-refractivity contribution in [2.45, 2.75) is 48.4 Å². The van der Waals surface area contributed by atoms with Crippen LogP contribution in [0.25, 0.3) is 0 Å². The number of rotatable bonds is 6. The van der Waals surface area contributed by atoms with Crippen molar-refractivity contribution in [2.75, 3.05) is 11.1 Å². The van der Waals surface area contributed by atoms with E-state index in [4.69, 9.17) is 9.47 Å². The second-order valence-electron chi connectivity index (χ2n) is 7.65. The van der Waals surface area contributed by atoms with Crippen LogP contribution in [0.5, 0.6) is 11.5 Å². The number of halogens is 3. The molecule has 3 atom stereocenters. The van der Waals surface area contributed by atoms with Crippen LogP contribution in [0.3, 0.4) is 0 Å². The molecule has 30 heavy (non-hydrogen) atoms. The molecule has 0 spiro atoms. The first kappa shape index (κ1) is 21.7. The third-order valence-electron chi connectivity index (χ3n) is 5.45. The number of aryl methyl sites for hydroxylation is 2. The van der Waals surface area contributed by atoms with Gasteiger partial charge >= 0.3 is 183 Å². The standard InChI is InChI=1S/C22H26F2INO4/c23-16-5-7-19-14(10-16)2-1-3-21(29-19)18(27)12-26-13-25(28)22-9-4-15-11-17(24)6-8-20(15)30-22/h5-8,10-11,18,21-22,26-28H,1-4,9,12-13H2/t18-,21-,22+/m1/s1. The summed E-state index contributed by atoms with van der Waals surface area (Å²) in [5, 5.41) is 13.7. The maximum absolute atomic E-state index is 13.4. The zero-order valence-corrected chi connectivity index (χ0v) is 18.6. The summed E-state index contributed by atoms with van der Waals surface area (Å²) in [5.74, 6) is 0.708. The second kappa shape index (κ2) is 9.76. The number of alkyl halides is 2. The van der Waals surface area contributed by atoms with Gasteiger partial charge in [-0.05, 0) is 0 Å². The molecule has 0 fully saturated rings. The third kappa shape index (κ3) is 5.22. The number of aliphatic hydroxyl groups excluding tert-OH is 1.